The van der Waals surface area contributed by atoms with Gasteiger partial charge in [0.25, 0.3) is 5.91 Å². The maximum Gasteiger partial charge on any atom is 0.342 e. The minimum Gasteiger partial charge on any atom is -0.452 e. The van der Waals surface area contributed by atoms with Gasteiger partial charge in [-0.25, -0.2) is 17.6 Å². The van der Waals surface area contributed by atoms with Crippen molar-refractivity contribution in [3.63, 3.8) is 0 Å². The van der Waals surface area contributed by atoms with E-state index in [-0.39, 0.29) is 42.6 Å². The van der Waals surface area contributed by atoms with Gasteiger partial charge in [-0.1, -0.05) is 13.8 Å². The molecule has 0 unspecified atom stereocenters. The highest BCUT2D eigenvalue weighted by Gasteiger charge is 2.30. The molecule has 9 nitrogen and oxygen atoms in total. The Balaban J connectivity index is 1.53. The van der Waals surface area contributed by atoms with Crippen LogP contribution < -0.4 is 0 Å². The first-order valence-corrected chi connectivity index (χ1v) is 10.9. The van der Waals surface area contributed by atoms with Crippen LogP contribution in [0.5, 0.6) is 0 Å². The molecular weight excluding hydrogens is 415 g/mol. The number of H-pyrrole nitrogens is 1. The number of piperazine rings is 1. The highest BCUT2D eigenvalue weighted by Crippen LogP contribution is 2.19. The predicted molar refractivity (Wildman–Crippen MR) is 105 cm³/mol. The average molecular weight is 438 g/mol. The quantitative estimate of drug-likeness (QED) is 0.682. The van der Waals surface area contributed by atoms with Crippen molar-refractivity contribution in [3.05, 3.63) is 47.5 Å². The van der Waals surface area contributed by atoms with Crippen molar-refractivity contribution in [1.29, 1.82) is 0 Å². The van der Waals surface area contributed by atoms with Gasteiger partial charge in [0.15, 0.2) is 6.61 Å². The van der Waals surface area contributed by atoms with Crippen molar-refractivity contribution in [3.8, 4) is 0 Å². The molecule has 1 fully saturated rings. The Hall–Kier alpha value is -2.79. The first-order chi connectivity index (χ1) is 14.2. The number of hydrogen-bond donors (Lipinski definition) is 1. The lowest BCUT2D eigenvalue weighted by atomic mass is 10.1. The Morgan fingerprint density at radius 2 is 1.80 bits per heavy atom. The fraction of sp³-hybridized carbons (Fsp3) is 0.421. The van der Waals surface area contributed by atoms with Gasteiger partial charge in [-0.3, -0.25) is 9.89 Å². The van der Waals surface area contributed by atoms with E-state index in [1.165, 1.54) is 27.5 Å². The maximum absolute atomic E-state index is 13.0. The van der Waals surface area contributed by atoms with Crippen molar-refractivity contribution in [1.82, 2.24) is 19.4 Å². The van der Waals surface area contributed by atoms with Crippen LogP contribution in [0, 0.1) is 5.82 Å². The van der Waals surface area contributed by atoms with E-state index < -0.39 is 34.3 Å². The third-order valence-corrected chi connectivity index (χ3v) is 6.75. The molecule has 1 aliphatic heterocycles. The largest absolute Gasteiger partial charge is 0.452 e. The number of aromatic nitrogens is 2. The number of benzene rings is 1. The van der Waals surface area contributed by atoms with E-state index in [0.717, 1.165) is 12.1 Å². The van der Waals surface area contributed by atoms with Crippen LogP contribution in [-0.2, 0) is 19.6 Å². The van der Waals surface area contributed by atoms with Crippen LogP contribution in [-0.4, -0.2) is 72.5 Å². The topological polar surface area (TPSA) is 113 Å². The number of halogens is 1. The Morgan fingerprint density at radius 1 is 1.17 bits per heavy atom. The third-order valence-electron chi connectivity index (χ3n) is 4.84. The van der Waals surface area contributed by atoms with Gasteiger partial charge in [0.2, 0.25) is 10.0 Å². The molecule has 162 valence electrons. The summed E-state index contributed by atoms with van der Waals surface area (Å²) in [5.74, 6) is -1.52. The number of nitrogens with one attached hydrogen (secondary N) is 1. The second kappa shape index (κ2) is 8.92. The van der Waals surface area contributed by atoms with Crippen molar-refractivity contribution in [2.24, 2.45) is 0 Å². The minimum atomic E-state index is -3.76. The zero-order valence-corrected chi connectivity index (χ0v) is 17.5. The van der Waals surface area contributed by atoms with Gasteiger partial charge in [0.1, 0.15) is 11.4 Å². The summed E-state index contributed by atoms with van der Waals surface area (Å²) in [6.45, 7) is 3.88. The highest BCUT2D eigenvalue weighted by atomic mass is 32.2. The van der Waals surface area contributed by atoms with Crippen molar-refractivity contribution < 1.29 is 27.1 Å². The minimum absolute atomic E-state index is 0.00123. The molecule has 11 heteroatoms. The average Bonchev–Trinajstić information content (AvgIpc) is 3.22. The van der Waals surface area contributed by atoms with E-state index in [2.05, 4.69) is 10.2 Å². The maximum atomic E-state index is 13.0. The molecule has 30 heavy (non-hydrogen) atoms. The molecule has 0 bridgehead atoms. The molecule has 0 aliphatic carbocycles. The first-order valence-electron chi connectivity index (χ1n) is 9.44. The number of ether oxygens (including phenoxy) is 1. The summed E-state index contributed by atoms with van der Waals surface area (Å²) >= 11 is 0. The van der Waals surface area contributed by atoms with Gasteiger partial charge in [0, 0.05) is 26.2 Å². The standard InChI is InChI=1S/C19H23FN4O5S/c1-13(2)18-16(11-21-22-18)19(26)29-12-17(25)23-7-9-24(10-8-23)30(27,28)15-5-3-14(20)4-6-15/h3-6,11,13H,7-10,12H2,1-2H3,(H,21,22). The lowest BCUT2D eigenvalue weighted by Crippen LogP contribution is -2.51. The van der Waals surface area contributed by atoms with Crippen LogP contribution >= 0.6 is 0 Å². The van der Waals surface area contributed by atoms with E-state index in [1.807, 2.05) is 13.8 Å². The Labute approximate surface area is 173 Å². The number of rotatable bonds is 6. The molecule has 1 aromatic carbocycles. The third kappa shape index (κ3) is 4.68. The summed E-state index contributed by atoms with van der Waals surface area (Å²) in [5.41, 5.74) is 0.917. The number of sulfonamides is 1. The number of amides is 1. The second-order valence-electron chi connectivity index (χ2n) is 7.17. The number of esters is 1. The summed E-state index contributed by atoms with van der Waals surface area (Å²) < 4.78 is 44.7. The van der Waals surface area contributed by atoms with Crippen molar-refractivity contribution in [2.75, 3.05) is 32.8 Å². The molecule has 3 rings (SSSR count). The molecular formula is C19H23FN4O5S. The smallest absolute Gasteiger partial charge is 0.342 e. The summed E-state index contributed by atoms with van der Waals surface area (Å²) in [7, 11) is -3.76. The van der Waals surface area contributed by atoms with Gasteiger partial charge < -0.3 is 9.64 Å². The van der Waals surface area contributed by atoms with Crippen LogP contribution in [0.3, 0.4) is 0 Å². The molecule has 0 saturated carbocycles. The number of carbonyl (C=O) groups is 2. The number of aromatic amines is 1. The summed E-state index contributed by atoms with van der Waals surface area (Å²) in [5, 5.41) is 6.58. The molecule has 2 heterocycles. The molecule has 0 atom stereocenters. The molecule has 1 aromatic heterocycles. The van der Waals surface area contributed by atoms with Crippen molar-refractivity contribution >= 4 is 21.9 Å². The molecule has 1 amide bonds. The monoisotopic (exact) mass is 438 g/mol. The molecule has 0 spiro atoms. The highest BCUT2D eigenvalue weighted by molar-refractivity contribution is 7.89. The van der Waals surface area contributed by atoms with Crippen LogP contribution in [0.1, 0.15) is 35.8 Å². The SMILES string of the molecule is CC(C)c1[nH]ncc1C(=O)OCC(=O)N1CCN(S(=O)(=O)c2ccc(F)cc2)CC1. The Morgan fingerprint density at radius 3 is 2.40 bits per heavy atom. The van der Waals surface area contributed by atoms with E-state index in [0.29, 0.717) is 5.69 Å². The summed E-state index contributed by atoms with van der Waals surface area (Å²) in [4.78, 5) is 26.0. The van der Waals surface area contributed by atoms with Crippen LogP contribution in [0.4, 0.5) is 4.39 Å². The fourth-order valence-corrected chi connectivity index (χ4v) is 4.55. The zero-order valence-electron chi connectivity index (χ0n) is 16.7. The van der Waals surface area contributed by atoms with Crippen molar-refractivity contribution in [2.45, 2.75) is 24.7 Å². The molecule has 2 aromatic rings. The predicted octanol–water partition coefficient (Wildman–Crippen LogP) is 1.36. The second-order valence-corrected chi connectivity index (χ2v) is 9.10. The van der Waals surface area contributed by atoms with Gasteiger partial charge >= 0.3 is 5.97 Å². The lowest BCUT2D eigenvalue weighted by molar-refractivity contribution is -0.135. The Kier molecular flexibility index (Phi) is 6.52. The molecule has 1 aliphatic rings. The Bertz CT molecular complexity index is 1010. The molecule has 1 N–H and O–H groups in total. The number of nitrogens with zero attached hydrogens (tertiary/aromatic N) is 3. The molecule has 1 saturated heterocycles. The van der Waals surface area contributed by atoms with Gasteiger partial charge in [0.05, 0.1) is 16.8 Å². The van der Waals surface area contributed by atoms with Crippen LogP contribution in [0.15, 0.2) is 35.4 Å². The van der Waals surface area contributed by atoms with Crippen LogP contribution in [0.2, 0.25) is 0 Å². The van der Waals surface area contributed by atoms with Gasteiger partial charge in [-0.2, -0.15) is 9.40 Å². The summed E-state index contributed by atoms with van der Waals surface area (Å²) in [6.07, 6.45) is 1.36. The van der Waals surface area contributed by atoms with Gasteiger partial charge in [-0.15, -0.1) is 0 Å². The zero-order chi connectivity index (χ0) is 21.9. The molecule has 0 radical (unpaired) electrons. The fourth-order valence-electron chi connectivity index (χ4n) is 3.13. The number of carbonyl (C=O) groups excluding carboxylic acids is 2. The first kappa shape index (κ1) is 21.9. The lowest BCUT2D eigenvalue weighted by Gasteiger charge is -2.33. The van der Waals surface area contributed by atoms with E-state index in [4.69, 9.17) is 4.74 Å². The van der Waals surface area contributed by atoms with E-state index in [9.17, 15) is 22.4 Å². The van der Waals surface area contributed by atoms with E-state index >= 15 is 0 Å². The van der Waals surface area contributed by atoms with Gasteiger partial charge in [-0.05, 0) is 30.2 Å². The number of hydrogen-bond acceptors (Lipinski definition) is 6. The van der Waals surface area contributed by atoms with E-state index in [1.54, 1.807) is 0 Å². The summed E-state index contributed by atoms with van der Waals surface area (Å²) in [6, 6.07) is 4.60. The van der Waals surface area contributed by atoms with Crippen LogP contribution in [0.25, 0.3) is 0 Å². The normalized spacial score (nSPS) is 15.4.